The Hall–Kier alpha value is -5.66. The number of nitrogens with one attached hydrogen (secondary N) is 3. The highest BCUT2D eigenvalue weighted by molar-refractivity contribution is 8.00. The van der Waals surface area contributed by atoms with Crippen molar-refractivity contribution in [1.82, 2.24) is 10.3 Å². The smallest absolute Gasteiger partial charge is 0.272 e. The van der Waals surface area contributed by atoms with Gasteiger partial charge in [-0.25, -0.2) is 9.37 Å². The molecule has 0 bridgehead atoms. The first-order valence-corrected chi connectivity index (χ1v) is 15.5. The third kappa shape index (κ3) is 8.49. The summed E-state index contributed by atoms with van der Waals surface area (Å²) in [5, 5.41) is 21.1. The molecule has 0 unspecified atom stereocenters. The number of amides is 3. The fraction of sp³-hybridized carbons (Fsp3) is 0.0303. The number of nitro benzene ring substituents is 1. The molecule has 0 aliphatic rings. The highest BCUT2D eigenvalue weighted by Crippen LogP contribution is 2.28. The van der Waals surface area contributed by atoms with Gasteiger partial charge in [0, 0.05) is 44.8 Å². The van der Waals surface area contributed by atoms with Gasteiger partial charge < -0.3 is 16.0 Å². The predicted octanol–water partition coefficient (Wildman–Crippen LogP) is 7.00. The van der Waals surface area contributed by atoms with Crippen LogP contribution < -0.4 is 16.0 Å². The van der Waals surface area contributed by atoms with Gasteiger partial charge in [-0.3, -0.25) is 24.5 Å². The molecule has 230 valence electrons. The fourth-order valence-electron chi connectivity index (χ4n) is 4.07. The van der Waals surface area contributed by atoms with Gasteiger partial charge >= 0.3 is 0 Å². The lowest BCUT2D eigenvalue weighted by atomic mass is 10.1. The van der Waals surface area contributed by atoms with Crippen molar-refractivity contribution < 1.29 is 23.7 Å². The molecule has 10 nitrogen and oxygen atoms in total. The van der Waals surface area contributed by atoms with Crippen LogP contribution in [0.2, 0.25) is 0 Å². The van der Waals surface area contributed by atoms with E-state index in [0.717, 1.165) is 4.90 Å². The summed E-state index contributed by atoms with van der Waals surface area (Å²) in [4.78, 5) is 54.2. The Bertz CT molecular complexity index is 1930. The minimum Gasteiger partial charge on any atom is -0.321 e. The van der Waals surface area contributed by atoms with Crippen LogP contribution in [0.4, 0.5) is 20.9 Å². The zero-order valence-electron chi connectivity index (χ0n) is 23.8. The zero-order valence-corrected chi connectivity index (χ0v) is 25.4. The molecule has 0 radical (unpaired) electrons. The number of nitro groups is 1. The molecule has 3 amide bonds. The number of carbonyl (C=O) groups excluding carboxylic acids is 3. The molecule has 13 heteroatoms. The summed E-state index contributed by atoms with van der Waals surface area (Å²) in [5.74, 6) is -1.94. The number of thioether (sulfide) groups is 1. The number of halogens is 1. The number of non-ortho nitro benzene ring substituents is 1. The first kappa shape index (κ1) is 31.8. The van der Waals surface area contributed by atoms with Crippen LogP contribution in [0.1, 0.15) is 15.9 Å². The van der Waals surface area contributed by atoms with Crippen molar-refractivity contribution in [2.45, 2.75) is 4.90 Å². The van der Waals surface area contributed by atoms with Crippen molar-refractivity contribution in [2.75, 3.05) is 16.4 Å². The van der Waals surface area contributed by atoms with Crippen molar-refractivity contribution in [3.63, 3.8) is 0 Å². The van der Waals surface area contributed by atoms with E-state index >= 15 is 0 Å². The molecule has 3 N–H and O–H groups in total. The lowest BCUT2D eigenvalue weighted by Gasteiger charge is -2.12. The summed E-state index contributed by atoms with van der Waals surface area (Å²) < 4.78 is 14.4. The Labute approximate surface area is 270 Å². The van der Waals surface area contributed by atoms with Crippen LogP contribution in [0, 0.1) is 15.9 Å². The summed E-state index contributed by atoms with van der Waals surface area (Å²) in [7, 11) is 0. The molecular formula is C33H24FN5O5S2. The Morgan fingerprint density at radius 3 is 2.39 bits per heavy atom. The summed E-state index contributed by atoms with van der Waals surface area (Å²) in [6.07, 6.45) is 1.27. The van der Waals surface area contributed by atoms with Crippen LogP contribution in [-0.4, -0.2) is 33.4 Å². The molecule has 1 heterocycles. The van der Waals surface area contributed by atoms with Crippen molar-refractivity contribution in [1.29, 1.82) is 0 Å². The minimum absolute atomic E-state index is 0.0487. The van der Waals surface area contributed by atoms with Gasteiger partial charge in [0.05, 0.1) is 16.4 Å². The number of carbonyl (C=O) groups is 3. The molecule has 46 heavy (non-hydrogen) atoms. The maximum atomic E-state index is 14.4. The number of rotatable bonds is 11. The Kier molecular flexibility index (Phi) is 10.3. The van der Waals surface area contributed by atoms with E-state index in [1.54, 1.807) is 78.2 Å². The van der Waals surface area contributed by atoms with E-state index in [0.29, 0.717) is 27.6 Å². The van der Waals surface area contributed by atoms with Crippen molar-refractivity contribution in [3.8, 4) is 11.3 Å². The number of benzene rings is 4. The number of hydrogen-bond acceptors (Lipinski definition) is 8. The summed E-state index contributed by atoms with van der Waals surface area (Å²) in [5.41, 5.74) is 1.77. The number of thiazole rings is 1. The molecule has 0 saturated heterocycles. The molecule has 0 atom stereocenters. The van der Waals surface area contributed by atoms with Crippen LogP contribution in [0.15, 0.2) is 119 Å². The molecule has 1 aromatic heterocycles. The third-order valence-electron chi connectivity index (χ3n) is 6.32. The van der Waals surface area contributed by atoms with Crippen molar-refractivity contribution >= 4 is 63.4 Å². The van der Waals surface area contributed by atoms with Crippen LogP contribution >= 0.6 is 23.1 Å². The zero-order chi connectivity index (χ0) is 32.5. The van der Waals surface area contributed by atoms with E-state index in [2.05, 4.69) is 20.9 Å². The summed E-state index contributed by atoms with van der Waals surface area (Å²) in [6, 6.07) is 27.0. The average Bonchev–Trinajstić information content (AvgIpc) is 3.54. The maximum absolute atomic E-state index is 14.4. The Balaban J connectivity index is 1.18. The van der Waals surface area contributed by atoms with E-state index in [1.807, 2.05) is 0 Å². The van der Waals surface area contributed by atoms with Gasteiger partial charge in [-0.2, -0.15) is 0 Å². The van der Waals surface area contributed by atoms with Crippen LogP contribution in [0.5, 0.6) is 0 Å². The topological polar surface area (TPSA) is 143 Å². The number of nitrogens with zero attached hydrogens (tertiary/aromatic N) is 2. The number of anilines is 2. The molecule has 4 aromatic carbocycles. The van der Waals surface area contributed by atoms with Crippen molar-refractivity contribution in [3.05, 3.63) is 141 Å². The van der Waals surface area contributed by atoms with Crippen LogP contribution in [-0.2, 0) is 9.59 Å². The quantitative estimate of drug-likeness (QED) is 0.0603. The maximum Gasteiger partial charge on any atom is 0.272 e. The predicted molar refractivity (Wildman–Crippen MR) is 177 cm³/mol. The second-order valence-electron chi connectivity index (χ2n) is 9.56. The summed E-state index contributed by atoms with van der Waals surface area (Å²) in [6.45, 7) is 0. The van der Waals surface area contributed by atoms with Gasteiger partial charge in [0.15, 0.2) is 5.13 Å². The standard InChI is InChI=1S/C33H24FN5O5S2/c34-27-12-5-4-9-22(27)18-28(36-31(41)21-7-2-1-3-8-21)32(42)35-24-13-15-26(16-14-24)45-20-30(40)38-33-37-29(19-46-33)23-10-6-11-25(17-23)39(43)44/h1-19H,20H2,(H,35,42)(H,36,41)(H,37,38,40)/b28-18-. The normalized spacial score (nSPS) is 11.0. The SMILES string of the molecule is O=C(CSc1ccc(NC(=O)/C(=C/c2ccccc2F)NC(=O)c2ccccc2)cc1)Nc1nc(-c2cccc([N+](=O)[O-])c2)cs1. The molecular weight excluding hydrogens is 630 g/mol. The van der Waals surface area contributed by atoms with E-state index in [1.165, 1.54) is 59.5 Å². The van der Waals surface area contributed by atoms with Crippen LogP contribution in [0.3, 0.4) is 0 Å². The molecule has 5 aromatic rings. The Morgan fingerprint density at radius 2 is 1.65 bits per heavy atom. The van der Waals surface area contributed by atoms with Gasteiger partial charge in [0.25, 0.3) is 17.5 Å². The van der Waals surface area contributed by atoms with Gasteiger partial charge in [0.2, 0.25) is 5.91 Å². The monoisotopic (exact) mass is 653 g/mol. The first-order valence-electron chi connectivity index (χ1n) is 13.6. The number of hydrogen-bond donors (Lipinski definition) is 3. The van der Waals surface area contributed by atoms with Gasteiger partial charge in [0.1, 0.15) is 11.5 Å². The largest absolute Gasteiger partial charge is 0.321 e. The van der Waals surface area contributed by atoms with E-state index in [9.17, 15) is 28.9 Å². The minimum atomic E-state index is -0.653. The molecule has 5 rings (SSSR count). The van der Waals surface area contributed by atoms with Crippen molar-refractivity contribution in [2.24, 2.45) is 0 Å². The van der Waals surface area contributed by atoms with Gasteiger partial charge in [-0.05, 0) is 48.5 Å². The first-order chi connectivity index (χ1) is 22.2. The molecule has 0 aliphatic carbocycles. The second-order valence-corrected chi connectivity index (χ2v) is 11.5. The summed E-state index contributed by atoms with van der Waals surface area (Å²) >= 11 is 2.47. The number of aromatic nitrogens is 1. The lowest BCUT2D eigenvalue weighted by molar-refractivity contribution is -0.384. The second kappa shape index (κ2) is 14.9. The molecule has 0 spiro atoms. The lowest BCUT2D eigenvalue weighted by Crippen LogP contribution is -2.30. The van der Waals surface area contributed by atoms with Crippen LogP contribution in [0.25, 0.3) is 17.3 Å². The molecule has 0 aliphatic heterocycles. The molecule has 0 fully saturated rings. The highest BCUT2D eigenvalue weighted by Gasteiger charge is 2.16. The van der Waals surface area contributed by atoms with Gasteiger partial charge in [-0.15, -0.1) is 23.1 Å². The van der Waals surface area contributed by atoms with Gasteiger partial charge in [-0.1, -0.05) is 48.5 Å². The fourth-order valence-corrected chi connectivity index (χ4v) is 5.50. The third-order valence-corrected chi connectivity index (χ3v) is 8.09. The Morgan fingerprint density at radius 1 is 0.913 bits per heavy atom. The van der Waals surface area contributed by atoms with E-state index in [-0.39, 0.29) is 28.6 Å². The highest BCUT2D eigenvalue weighted by atomic mass is 32.2. The van der Waals surface area contributed by atoms with E-state index in [4.69, 9.17) is 0 Å². The average molecular weight is 654 g/mol. The molecule has 0 saturated carbocycles. The van der Waals surface area contributed by atoms with E-state index < -0.39 is 22.6 Å².